The van der Waals surface area contributed by atoms with E-state index in [1.807, 2.05) is 0 Å². The molecule has 1 aromatic rings. The van der Waals surface area contributed by atoms with Crippen LogP contribution in [0.4, 0.5) is 0 Å². The SMILES string of the molecule is CC(C)C(NC(=O)CNC(=O)C(CCC(N)=O)NC(=O)C(N)Cc1cnc[nH]1)C(=O)O. The van der Waals surface area contributed by atoms with Crippen LogP contribution in [0.25, 0.3) is 0 Å². The van der Waals surface area contributed by atoms with Crippen LogP contribution in [0.3, 0.4) is 0 Å². The number of imidazole rings is 1. The number of carboxylic acids is 1. The van der Waals surface area contributed by atoms with Crippen molar-refractivity contribution < 1.29 is 29.1 Å². The average molecular weight is 439 g/mol. The van der Waals surface area contributed by atoms with Crippen LogP contribution < -0.4 is 27.4 Å². The molecule has 4 amide bonds. The minimum atomic E-state index is -1.20. The van der Waals surface area contributed by atoms with Crippen LogP contribution in [0.5, 0.6) is 0 Å². The molecule has 1 rings (SSSR count). The topological polar surface area (TPSA) is 222 Å². The van der Waals surface area contributed by atoms with E-state index in [4.69, 9.17) is 16.6 Å². The Morgan fingerprint density at radius 3 is 2.35 bits per heavy atom. The van der Waals surface area contributed by atoms with Crippen molar-refractivity contribution in [2.45, 2.75) is 51.2 Å². The first-order valence-corrected chi connectivity index (χ1v) is 9.62. The molecule has 0 spiro atoms. The molecular formula is C18H29N7O6. The number of nitrogens with two attached hydrogens (primary N) is 2. The maximum Gasteiger partial charge on any atom is 0.326 e. The zero-order chi connectivity index (χ0) is 23.6. The van der Waals surface area contributed by atoms with Gasteiger partial charge in [-0.15, -0.1) is 0 Å². The maximum absolute atomic E-state index is 12.5. The zero-order valence-corrected chi connectivity index (χ0v) is 17.4. The van der Waals surface area contributed by atoms with Crippen LogP contribution in [0.1, 0.15) is 32.4 Å². The first kappa shape index (κ1) is 25.6. The number of aromatic nitrogens is 2. The molecule has 3 atom stereocenters. The summed E-state index contributed by atoms with van der Waals surface area (Å²) in [4.78, 5) is 65.7. The molecule has 0 fully saturated rings. The summed E-state index contributed by atoms with van der Waals surface area (Å²) < 4.78 is 0. The Balaban J connectivity index is 2.68. The van der Waals surface area contributed by atoms with Gasteiger partial charge in [0.2, 0.25) is 23.6 Å². The minimum Gasteiger partial charge on any atom is -0.480 e. The Bertz CT molecular complexity index is 780. The third-order valence-corrected chi connectivity index (χ3v) is 4.32. The van der Waals surface area contributed by atoms with Crippen LogP contribution in [0, 0.1) is 5.92 Å². The molecule has 13 heteroatoms. The van der Waals surface area contributed by atoms with Gasteiger partial charge in [-0.25, -0.2) is 9.78 Å². The Hall–Kier alpha value is -3.48. The molecule has 0 saturated carbocycles. The Kier molecular flexibility index (Phi) is 10.1. The van der Waals surface area contributed by atoms with E-state index in [-0.39, 0.29) is 25.2 Å². The van der Waals surface area contributed by atoms with Crippen molar-refractivity contribution in [2.24, 2.45) is 17.4 Å². The number of H-pyrrole nitrogens is 1. The van der Waals surface area contributed by atoms with E-state index in [9.17, 15) is 24.0 Å². The van der Waals surface area contributed by atoms with Crippen molar-refractivity contribution in [3.63, 3.8) is 0 Å². The minimum absolute atomic E-state index is 0.102. The summed E-state index contributed by atoms with van der Waals surface area (Å²) in [5.41, 5.74) is 11.6. The van der Waals surface area contributed by atoms with Crippen LogP contribution >= 0.6 is 0 Å². The summed E-state index contributed by atoms with van der Waals surface area (Å²) in [6, 6.07) is -3.27. The molecule has 0 aromatic carbocycles. The molecule has 0 aliphatic rings. The van der Waals surface area contributed by atoms with Crippen LogP contribution in [0.2, 0.25) is 0 Å². The fourth-order valence-corrected chi connectivity index (χ4v) is 2.59. The number of nitrogens with one attached hydrogen (secondary N) is 4. The predicted molar refractivity (Wildman–Crippen MR) is 108 cm³/mol. The molecule has 3 unspecified atom stereocenters. The van der Waals surface area contributed by atoms with E-state index in [1.54, 1.807) is 13.8 Å². The second-order valence-electron chi connectivity index (χ2n) is 7.30. The second kappa shape index (κ2) is 12.3. The van der Waals surface area contributed by atoms with Crippen molar-refractivity contribution in [1.29, 1.82) is 0 Å². The summed E-state index contributed by atoms with van der Waals surface area (Å²) in [6.07, 6.45) is 2.79. The van der Waals surface area contributed by atoms with E-state index < -0.39 is 54.3 Å². The number of nitrogens with zero attached hydrogens (tertiary/aromatic N) is 1. The van der Waals surface area contributed by atoms with Crippen molar-refractivity contribution in [1.82, 2.24) is 25.9 Å². The van der Waals surface area contributed by atoms with E-state index >= 15 is 0 Å². The number of rotatable bonds is 13. The third-order valence-electron chi connectivity index (χ3n) is 4.32. The summed E-state index contributed by atoms with van der Waals surface area (Å²) in [5.74, 6) is -4.34. The van der Waals surface area contributed by atoms with E-state index in [1.165, 1.54) is 12.5 Å². The Morgan fingerprint density at radius 1 is 1.16 bits per heavy atom. The Labute approximate surface area is 178 Å². The number of hydrogen-bond acceptors (Lipinski definition) is 7. The van der Waals surface area contributed by atoms with Gasteiger partial charge in [0.05, 0.1) is 18.9 Å². The van der Waals surface area contributed by atoms with E-state index in [0.717, 1.165) is 0 Å². The molecule has 1 aromatic heterocycles. The van der Waals surface area contributed by atoms with Gasteiger partial charge in [0, 0.05) is 24.7 Å². The standard InChI is InChI=1S/C18H29N7O6/c1-9(2)15(18(30)31)25-14(27)7-22-17(29)12(3-4-13(20)26)24-16(28)11(19)5-10-6-21-8-23-10/h6,8-9,11-12,15H,3-5,7,19H2,1-2H3,(H2,20,26)(H,21,23)(H,22,29)(H,24,28)(H,25,27)(H,30,31). The van der Waals surface area contributed by atoms with Gasteiger partial charge in [-0.1, -0.05) is 13.8 Å². The number of amides is 4. The van der Waals surface area contributed by atoms with E-state index in [2.05, 4.69) is 25.9 Å². The Morgan fingerprint density at radius 2 is 1.84 bits per heavy atom. The maximum atomic E-state index is 12.5. The highest BCUT2D eigenvalue weighted by atomic mass is 16.4. The first-order valence-electron chi connectivity index (χ1n) is 9.62. The van der Waals surface area contributed by atoms with Crippen LogP contribution in [-0.4, -0.2) is 69.3 Å². The fourth-order valence-electron chi connectivity index (χ4n) is 2.59. The van der Waals surface area contributed by atoms with Crippen molar-refractivity contribution >= 4 is 29.6 Å². The monoisotopic (exact) mass is 439 g/mol. The second-order valence-corrected chi connectivity index (χ2v) is 7.30. The lowest BCUT2D eigenvalue weighted by Gasteiger charge is -2.21. The van der Waals surface area contributed by atoms with Crippen molar-refractivity contribution in [3.8, 4) is 0 Å². The fraction of sp³-hybridized carbons (Fsp3) is 0.556. The van der Waals surface area contributed by atoms with Gasteiger partial charge in [0.25, 0.3) is 0 Å². The van der Waals surface area contributed by atoms with Gasteiger partial charge in [-0.3, -0.25) is 19.2 Å². The number of primary amides is 1. The third kappa shape index (κ3) is 9.25. The zero-order valence-electron chi connectivity index (χ0n) is 17.4. The average Bonchev–Trinajstić information content (AvgIpc) is 3.19. The highest BCUT2D eigenvalue weighted by molar-refractivity contribution is 5.93. The van der Waals surface area contributed by atoms with Crippen molar-refractivity contribution in [3.05, 3.63) is 18.2 Å². The lowest BCUT2D eigenvalue weighted by molar-refractivity contribution is -0.143. The molecule has 0 radical (unpaired) electrons. The summed E-state index contributed by atoms with van der Waals surface area (Å²) in [6.45, 7) is 2.73. The molecule has 13 nitrogen and oxygen atoms in total. The van der Waals surface area contributed by atoms with Gasteiger partial charge in [-0.2, -0.15) is 0 Å². The molecule has 1 heterocycles. The molecule has 172 valence electrons. The molecule has 31 heavy (non-hydrogen) atoms. The van der Waals surface area contributed by atoms with E-state index in [0.29, 0.717) is 5.69 Å². The lowest BCUT2D eigenvalue weighted by Crippen LogP contribution is -2.54. The number of carboxylic acid groups (broad SMARTS) is 1. The smallest absolute Gasteiger partial charge is 0.326 e. The molecule has 9 N–H and O–H groups in total. The number of aromatic amines is 1. The van der Waals surface area contributed by atoms with Gasteiger partial charge >= 0.3 is 5.97 Å². The molecule has 0 bridgehead atoms. The molecule has 0 aliphatic carbocycles. The van der Waals surface area contributed by atoms with Crippen molar-refractivity contribution in [2.75, 3.05) is 6.54 Å². The predicted octanol–water partition coefficient (Wildman–Crippen LogP) is -2.63. The lowest BCUT2D eigenvalue weighted by atomic mass is 10.0. The number of carbonyl (C=O) groups excluding carboxylic acids is 4. The number of hydrogen-bond donors (Lipinski definition) is 7. The number of carbonyl (C=O) groups is 5. The summed E-state index contributed by atoms with van der Waals surface area (Å²) >= 11 is 0. The molecule has 0 aliphatic heterocycles. The number of aliphatic carboxylic acids is 1. The summed E-state index contributed by atoms with van der Waals surface area (Å²) in [5, 5.41) is 16.2. The normalized spacial score (nSPS) is 13.7. The first-order chi connectivity index (χ1) is 14.5. The molecular weight excluding hydrogens is 410 g/mol. The van der Waals surface area contributed by atoms with Crippen LogP contribution in [0.15, 0.2) is 12.5 Å². The quantitative estimate of drug-likeness (QED) is 0.172. The van der Waals surface area contributed by atoms with Gasteiger partial charge < -0.3 is 37.5 Å². The van der Waals surface area contributed by atoms with Gasteiger partial charge in [0.15, 0.2) is 0 Å². The van der Waals surface area contributed by atoms with Crippen LogP contribution in [-0.2, 0) is 30.4 Å². The molecule has 0 saturated heterocycles. The van der Waals surface area contributed by atoms with Gasteiger partial charge in [0.1, 0.15) is 12.1 Å². The largest absolute Gasteiger partial charge is 0.480 e. The van der Waals surface area contributed by atoms with Gasteiger partial charge in [-0.05, 0) is 12.3 Å². The highest BCUT2D eigenvalue weighted by Crippen LogP contribution is 2.03. The highest BCUT2D eigenvalue weighted by Gasteiger charge is 2.26. The summed E-state index contributed by atoms with van der Waals surface area (Å²) in [7, 11) is 0.